The van der Waals surface area contributed by atoms with Crippen LogP contribution >= 0.6 is 11.6 Å². The zero-order chi connectivity index (χ0) is 47.6. The molecule has 3 aromatic heterocycles. The van der Waals surface area contributed by atoms with Gasteiger partial charge in [-0.2, -0.15) is 0 Å². The molecule has 3 N–H and O–H groups in total. The average molecular weight is 951 g/mol. The normalized spacial score (nSPS) is 18.6. The molecular weight excluding hydrogens is 904 g/mol. The first-order valence-corrected chi connectivity index (χ1v) is 23.3. The van der Waals surface area contributed by atoms with Gasteiger partial charge in [0, 0.05) is 82.3 Å². The number of hydrogen-bond donors (Lipinski definition) is 3. The first kappa shape index (κ1) is 45.1. The van der Waals surface area contributed by atoms with E-state index >= 15 is 0 Å². The largest absolute Gasteiger partial charge is 0.494 e. The van der Waals surface area contributed by atoms with Crippen molar-refractivity contribution in [3.63, 3.8) is 0 Å². The Morgan fingerprint density at radius 1 is 0.812 bits per heavy atom. The number of nitrogens with zero attached hydrogens (tertiary/aromatic N) is 7. The third-order valence-corrected chi connectivity index (χ3v) is 13.2. The standard InChI is InChI=1S/C50H47ClN10O8/c51-39-25-34(69-32-7-2-1-3-8-32)11-13-36(39)44(63)38-27-53-45-43(38)46(55-29-54-45)56-31-6-4-18-60(28-31)48(65)30-9-15-41(52-26-30)59-21-19-58(20-22-59)17-5-23-68-33-10-12-35-37(24-33)50(67)61(49(35)66)40-14-16-42(62)57-47(40)64/h1-3,7-13,15,24-27,29,31,40H,4-6,14,16-23,28H2,(H,57,62,64)(H2,53,54,55,56)/t31-,40?/m1/s1. The highest BCUT2D eigenvalue weighted by molar-refractivity contribution is 6.36. The molecule has 18 nitrogen and oxygen atoms in total. The fourth-order valence-electron chi connectivity index (χ4n) is 9.34. The number of aromatic amines is 1. The van der Waals surface area contributed by atoms with Crippen molar-refractivity contribution in [2.45, 2.75) is 44.2 Å². The Balaban J connectivity index is 0.691. The van der Waals surface area contributed by atoms with Crippen LogP contribution in [-0.2, 0) is 9.59 Å². The Morgan fingerprint density at radius 3 is 2.41 bits per heavy atom. The van der Waals surface area contributed by atoms with Crippen molar-refractivity contribution in [3.8, 4) is 17.2 Å². The number of rotatable bonds is 14. The quantitative estimate of drug-likeness (QED) is 0.0676. The molecular formula is C50H47ClN10O8. The second-order valence-electron chi connectivity index (χ2n) is 17.4. The molecule has 69 heavy (non-hydrogen) atoms. The molecule has 19 heteroatoms. The number of benzene rings is 3. The number of piperazine rings is 1. The third kappa shape index (κ3) is 9.45. The molecule has 0 spiro atoms. The van der Waals surface area contributed by atoms with E-state index < -0.39 is 29.7 Å². The number of aromatic nitrogens is 4. The predicted octanol–water partition coefficient (Wildman–Crippen LogP) is 5.74. The van der Waals surface area contributed by atoms with Gasteiger partial charge in [0.25, 0.3) is 17.7 Å². The number of pyridine rings is 1. The number of hydrogen-bond acceptors (Lipinski definition) is 14. The highest BCUT2D eigenvalue weighted by Gasteiger charge is 2.44. The molecule has 3 fully saturated rings. The number of carbonyl (C=O) groups excluding carboxylic acids is 6. The van der Waals surface area contributed by atoms with Crippen molar-refractivity contribution in [1.82, 2.24) is 40.0 Å². The number of fused-ring (bicyclic) bond motifs is 2. The van der Waals surface area contributed by atoms with Gasteiger partial charge in [0.2, 0.25) is 11.8 Å². The molecule has 0 aliphatic carbocycles. The van der Waals surface area contributed by atoms with Gasteiger partial charge >= 0.3 is 0 Å². The number of halogens is 1. The molecule has 0 bridgehead atoms. The smallest absolute Gasteiger partial charge is 0.262 e. The topological polar surface area (TPSA) is 212 Å². The molecule has 6 aromatic rings. The van der Waals surface area contributed by atoms with E-state index in [9.17, 15) is 28.8 Å². The summed E-state index contributed by atoms with van der Waals surface area (Å²) < 4.78 is 11.9. The van der Waals surface area contributed by atoms with Crippen molar-refractivity contribution in [2.24, 2.45) is 0 Å². The SMILES string of the molecule is O=C1CCC(N2C(=O)c3ccc(OCCCN4CCN(c5ccc(C(=O)N6CCC[C@@H](Nc7ncnc8[nH]cc(C(=O)c9ccc(Oc%10ccccc%10)cc9Cl)c78)C6)cn5)CC4)cc3C2=O)C(=O)N1. The zero-order valence-electron chi connectivity index (χ0n) is 37.4. The summed E-state index contributed by atoms with van der Waals surface area (Å²) in [6.07, 6.45) is 7.15. The lowest BCUT2D eigenvalue weighted by Crippen LogP contribution is -2.54. The Labute approximate surface area is 400 Å². The maximum Gasteiger partial charge on any atom is 0.262 e. The maximum atomic E-state index is 13.9. The van der Waals surface area contributed by atoms with Crippen LogP contribution in [0.15, 0.2) is 97.6 Å². The number of imide groups is 2. The van der Waals surface area contributed by atoms with Gasteiger partial charge in [0.05, 0.1) is 39.3 Å². The van der Waals surface area contributed by atoms with Crippen molar-refractivity contribution in [1.29, 1.82) is 0 Å². The molecule has 4 aliphatic heterocycles. The van der Waals surface area contributed by atoms with Crippen molar-refractivity contribution in [2.75, 3.05) is 62.6 Å². The van der Waals surface area contributed by atoms with Gasteiger partial charge < -0.3 is 29.6 Å². The lowest BCUT2D eigenvalue weighted by atomic mass is 10.0. The van der Waals surface area contributed by atoms with E-state index in [-0.39, 0.29) is 46.7 Å². The minimum atomic E-state index is -1.02. The minimum Gasteiger partial charge on any atom is -0.494 e. The summed E-state index contributed by atoms with van der Waals surface area (Å²) in [5, 5.41) is 6.50. The molecule has 3 saturated heterocycles. The van der Waals surface area contributed by atoms with Crippen LogP contribution in [0.3, 0.4) is 0 Å². The van der Waals surface area contributed by atoms with Crippen LogP contribution in [0.4, 0.5) is 11.6 Å². The minimum absolute atomic E-state index is 0.0586. The van der Waals surface area contributed by atoms with E-state index in [1.807, 2.05) is 47.4 Å². The fourth-order valence-corrected chi connectivity index (χ4v) is 9.59. The molecule has 352 valence electrons. The summed E-state index contributed by atoms with van der Waals surface area (Å²) in [6, 6.07) is 21.6. The van der Waals surface area contributed by atoms with Gasteiger partial charge in [0.1, 0.15) is 46.9 Å². The molecule has 2 atom stereocenters. The summed E-state index contributed by atoms with van der Waals surface area (Å²) >= 11 is 6.64. The summed E-state index contributed by atoms with van der Waals surface area (Å²) in [4.78, 5) is 102. The van der Waals surface area contributed by atoms with Crippen LogP contribution in [-0.4, -0.2) is 134 Å². The molecule has 1 unspecified atom stereocenters. The average Bonchev–Trinajstić information content (AvgIpc) is 3.91. The van der Waals surface area contributed by atoms with E-state index in [0.29, 0.717) is 70.5 Å². The summed E-state index contributed by atoms with van der Waals surface area (Å²) in [7, 11) is 0. The van der Waals surface area contributed by atoms with Gasteiger partial charge in [-0.15, -0.1) is 0 Å². The van der Waals surface area contributed by atoms with Gasteiger partial charge in [0.15, 0.2) is 5.78 Å². The predicted molar refractivity (Wildman–Crippen MR) is 254 cm³/mol. The zero-order valence-corrected chi connectivity index (χ0v) is 38.1. The summed E-state index contributed by atoms with van der Waals surface area (Å²) in [5.74, 6) is 0.303. The number of carbonyl (C=O) groups is 6. The maximum absolute atomic E-state index is 13.9. The summed E-state index contributed by atoms with van der Waals surface area (Å²) in [5.41, 5.74) is 2.07. The number of amides is 5. The highest BCUT2D eigenvalue weighted by Crippen LogP contribution is 2.33. The molecule has 4 aliphatic rings. The van der Waals surface area contributed by atoms with E-state index in [1.165, 1.54) is 6.33 Å². The number of anilines is 2. The highest BCUT2D eigenvalue weighted by atomic mass is 35.5. The number of para-hydroxylation sites is 1. The number of ketones is 1. The van der Waals surface area contributed by atoms with Crippen molar-refractivity contribution in [3.05, 3.63) is 130 Å². The van der Waals surface area contributed by atoms with Crippen LogP contribution < -0.4 is 25.0 Å². The lowest BCUT2D eigenvalue weighted by Gasteiger charge is -2.35. The van der Waals surface area contributed by atoms with Crippen molar-refractivity contribution >= 4 is 69.6 Å². The van der Waals surface area contributed by atoms with Crippen LogP contribution in [0.5, 0.6) is 17.2 Å². The molecule has 0 radical (unpaired) electrons. The van der Waals surface area contributed by atoms with Crippen LogP contribution in [0.25, 0.3) is 11.0 Å². The molecule has 10 rings (SSSR count). The first-order chi connectivity index (χ1) is 33.6. The number of ether oxygens (including phenoxy) is 2. The molecule has 5 amide bonds. The molecule has 7 heterocycles. The molecule has 3 aromatic carbocycles. The Hall–Kier alpha value is -7.70. The van der Waals surface area contributed by atoms with E-state index in [1.54, 1.807) is 48.8 Å². The number of piperidine rings is 2. The van der Waals surface area contributed by atoms with Crippen LogP contribution in [0.1, 0.15) is 79.1 Å². The van der Waals surface area contributed by atoms with Gasteiger partial charge in [-0.25, -0.2) is 15.0 Å². The first-order valence-electron chi connectivity index (χ1n) is 22.9. The van der Waals surface area contributed by atoms with Crippen molar-refractivity contribution < 1.29 is 38.2 Å². The third-order valence-electron chi connectivity index (χ3n) is 12.9. The van der Waals surface area contributed by atoms with Gasteiger partial charge in [-0.05, 0) is 80.3 Å². The number of likely N-dealkylation sites (tertiary alicyclic amines) is 1. The second-order valence-corrected chi connectivity index (χ2v) is 17.8. The van der Waals surface area contributed by atoms with E-state index in [2.05, 4.69) is 35.4 Å². The monoisotopic (exact) mass is 950 g/mol. The van der Waals surface area contributed by atoms with E-state index in [4.69, 9.17) is 26.1 Å². The fraction of sp³-hybridized carbons (Fsp3) is 0.300. The lowest BCUT2D eigenvalue weighted by molar-refractivity contribution is -0.136. The Bertz CT molecular complexity index is 2980. The van der Waals surface area contributed by atoms with Gasteiger partial charge in [-0.3, -0.25) is 43.9 Å². The second kappa shape index (κ2) is 19.5. The van der Waals surface area contributed by atoms with E-state index in [0.717, 1.165) is 62.7 Å². The van der Waals surface area contributed by atoms with Crippen LogP contribution in [0, 0.1) is 0 Å². The van der Waals surface area contributed by atoms with Gasteiger partial charge in [-0.1, -0.05) is 29.8 Å². The Morgan fingerprint density at radius 2 is 1.62 bits per heavy atom. The van der Waals surface area contributed by atoms with Crippen LogP contribution in [0.2, 0.25) is 5.02 Å². The Kier molecular flexibility index (Phi) is 12.7. The summed E-state index contributed by atoms with van der Waals surface area (Å²) in [6.45, 7) is 5.39. The molecule has 0 saturated carbocycles. The number of H-pyrrole nitrogens is 1. The number of nitrogens with one attached hydrogen (secondary N) is 3.